The van der Waals surface area contributed by atoms with Crippen LogP contribution in [0.3, 0.4) is 0 Å². The third-order valence-electron chi connectivity index (χ3n) is 6.70. The van der Waals surface area contributed by atoms with Crippen LogP contribution in [0.4, 0.5) is 26.3 Å². The molecule has 2 nitrogen and oxygen atoms in total. The van der Waals surface area contributed by atoms with Crippen LogP contribution in [0.25, 0.3) is 0 Å². The van der Waals surface area contributed by atoms with Gasteiger partial charge in [0, 0.05) is 29.7 Å². The number of hydrogen-bond acceptors (Lipinski definition) is 1. The van der Waals surface area contributed by atoms with Gasteiger partial charge in [-0.3, -0.25) is 4.99 Å². The molecule has 2 aliphatic rings. The fourth-order valence-electron chi connectivity index (χ4n) is 5.17. The maximum atomic E-state index is 14.2. The lowest BCUT2D eigenvalue weighted by Gasteiger charge is -2.28. The van der Waals surface area contributed by atoms with Crippen LogP contribution < -0.4 is 0 Å². The maximum absolute atomic E-state index is 14.2. The minimum absolute atomic E-state index is 0.170. The minimum Gasteiger partial charge on any atom is -0.343 e. The van der Waals surface area contributed by atoms with Gasteiger partial charge in [-0.15, -0.1) is 0 Å². The molecule has 3 aromatic rings. The smallest absolute Gasteiger partial charge is 0.343 e. The Labute approximate surface area is 192 Å². The Bertz CT molecular complexity index is 1200. The lowest BCUT2D eigenvalue weighted by Crippen LogP contribution is -2.29. The summed E-state index contributed by atoms with van der Waals surface area (Å²) in [4.78, 5) is 4.27. The molecule has 1 aromatic heterocycles. The molecule has 8 heteroatoms. The highest BCUT2D eigenvalue weighted by molar-refractivity contribution is 5.74. The molecule has 0 amide bonds. The molecule has 0 N–H and O–H groups in total. The monoisotopic (exact) mass is 476 g/mol. The van der Waals surface area contributed by atoms with Crippen molar-refractivity contribution >= 4 is 6.21 Å². The van der Waals surface area contributed by atoms with Crippen molar-refractivity contribution in [2.45, 2.75) is 56.5 Å². The molecule has 0 bridgehead atoms. The Morgan fingerprint density at radius 1 is 0.853 bits per heavy atom. The number of rotatable bonds is 3. The lowest BCUT2D eigenvalue weighted by molar-refractivity contribution is -0.138. The summed E-state index contributed by atoms with van der Waals surface area (Å²) in [5, 5.41) is 0. The van der Waals surface area contributed by atoms with Gasteiger partial charge in [0.05, 0.1) is 5.56 Å². The molecule has 2 atom stereocenters. The molecular formula is C26H22F6N2. The number of aromatic nitrogens is 1. The van der Waals surface area contributed by atoms with Gasteiger partial charge in [0.25, 0.3) is 0 Å². The standard InChI is InChI=1S/C26H22F6N2/c27-25(28,29)18-12-10-17(11-13-18)23-22-19-8-4-5-9-21(19)34(15-16-6-2-1-3-7-16)24(22)20(14-33-23)26(30,31)32/h1-3,6-7,10-14,20,23H,4-5,8-9,15H2. The summed E-state index contributed by atoms with van der Waals surface area (Å²) in [6.45, 7) is 0.304. The first-order valence-corrected chi connectivity index (χ1v) is 11.2. The third-order valence-corrected chi connectivity index (χ3v) is 6.70. The topological polar surface area (TPSA) is 17.3 Å². The molecule has 2 heterocycles. The summed E-state index contributed by atoms with van der Waals surface area (Å²) in [6, 6.07) is 13.1. The van der Waals surface area contributed by atoms with Gasteiger partial charge in [-0.25, -0.2) is 0 Å². The summed E-state index contributed by atoms with van der Waals surface area (Å²) in [7, 11) is 0. The van der Waals surface area contributed by atoms with Crippen molar-refractivity contribution in [2.24, 2.45) is 4.99 Å². The number of hydrogen-bond donors (Lipinski definition) is 0. The molecule has 2 unspecified atom stereocenters. The summed E-state index contributed by atoms with van der Waals surface area (Å²) in [5.41, 5.74) is 2.98. The fourth-order valence-corrected chi connectivity index (χ4v) is 5.17. The van der Waals surface area contributed by atoms with Crippen LogP contribution in [-0.4, -0.2) is 17.0 Å². The number of aliphatic imine (C=N–C) groups is 1. The quantitative estimate of drug-likeness (QED) is 0.354. The van der Waals surface area contributed by atoms with Crippen molar-refractivity contribution in [1.82, 2.24) is 4.57 Å². The van der Waals surface area contributed by atoms with E-state index in [1.54, 1.807) is 4.57 Å². The first-order valence-electron chi connectivity index (χ1n) is 11.2. The first kappa shape index (κ1) is 22.7. The average Bonchev–Trinajstić information content (AvgIpc) is 3.12. The van der Waals surface area contributed by atoms with Crippen LogP contribution in [-0.2, 0) is 25.6 Å². The number of alkyl halides is 6. The van der Waals surface area contributed by atoms with Gasteiger partial charge in [-0.2, -0.15) is 26.3 Å². The molecule has 0 radical (unpaired) electrons. The van der Waals surface area contributed by atoms with E-state index in [2.05, 4.69) is 4.99 Å². The van der Waals surface area contributed by atoms with Crippen molar-refractivity contribution < 1.29 is 26.3 Å². The zero-order valence-electron chi connectivity index (χ0n) is 18.1. The van der Waals surface area contributed by atoms with Gasteiger partial charge in [-0.05, 0) is 54.5 Å². The summed E-state index contributed by atoms with van der Waals surface area (Å²) >= 11 is 0. The number of halogens is 6. The molecule has 0 saturated heterocycles. The molecule has 0 saturated carbocycles. The second kappa shape index (κ2) is 8.32. The van der Waals surface area contributed by atoms with E-state index in [0.29, 0.717) is 30.5 Å². The van der Waals surface area contributed by atoms with Gasteiger partial charge >= 0.3 is 12.4 Å². The molecular weight excluding hydrogens is 454 g/mol. The first-order chi connectivity index (χ1) is 16.1. The number of nitrogens with zero attached hydrogens (tertiary/aromatic N) is 2. The van der Waals surface area contributed by atoms with E-state index in [1.807, 2.05) is 30.3 Å². The van der Waals surface area contributed by atoms with Crippen LogP contribution in [0.1, 0.15) is 64.0 Å². The summed E-state index contributed by atoms with van der Waals surface area (Å²) in [5.74, 6) is -1.86. The van der Waals surface area contributed by atoms with Gasteiger partial charge < -0.3 is 4.57 Å². The van der Waals surface area contributed by atoms with E-state index in [1.165, 1.54) is 12.1 Å². The van der Waals surface area contributed by atoms with E-state index in [-0.39, 0.29) is 5.69 Å². The van der Waals surface area contributed by atoms with E-state index < -0.39 is 29.9 Å². The van der Waals surface area contributed by atoms with Gasteiger partial charge in [0.2, 0.25) is 0 Å². The fraction of sp³-hybridized carbons (Fsp3) is 0.346. The molecule has 1 aliphatic carbocycles. The maximum Gasteiger partial charge on any atom is 0.416 e. The van der Waals surface area contributed by atoms with E-state index >= 15 is 0 Å². The zero-order chi connectivity index (χ0) is 24.1. The summed E-state index contributed by atoms with van der Waals surface area (Å²) < 4.78 is 83.5. The Morgan fingerprint density at radius 3 is 2.18 bits per heavy atom. The lowest BCUT2D eigenvalue weighted by atomic mass is 9.85. The molecule has 0 fully saturated rings. The molecule has 1 aliphatic heterocycles. The largest absolute Gasteiger partial charge is 0.416 e. The van der Waals surface area contributed by atoms with Crippen molar-refractivity contribution in [1.29, 1.82) is 0 Å². The van der Waals surface area contributed by atoms with E-state index in [4.69, 9.17) is 0 Å². The van der Waals surface area contributed by atoms with Crippen molar-refractivity contribution in [3.8, 4) is 0 Å². The van der Waals surface area contributed by atoms with Crippen LogP contribution in [0.15, 0.2) is 59.6 Å². The molecule has 5 rings (SSSR count). The van der Waals surface area contributed by atoms with E-state index in [9.17, 15) is 26.3 Å². The second-order valence-corrected chi connectivity index (χ2v) is 8.84. The highest BCUT2D eigenvalue weighted by Gasteiger charge is 2.47. The highest BCUT2D eigenvalue weighted by atomic mass is 19.4. The highest BCUT2D eigenvalue weighted by Crippen LogP contribution is 2.48. The Hall–Kier alpha value is -3.03. The third kappa shape index (κ3) is 4.03. The zero-order valence-corrected chi connectivity index (χ0v) is 18.1. The van der Waals surface area contributed by atoms with Gasteiger partial charge in [0.1, 0.15) is 12.0 Å². The predicted octanol–water partition coefficient (Wildman–Crippen LogP) is 7.25. The van der Waals surface area contributed by atoms with Crippen LogP contribution in [0.5, 0.6) is 0 Å². The van der Waals surface area contributed by atoms with Gasteiger partial charge in [-0.1, -0.05) is 42.5 Å². The van der Waals surface area contributed by atoms with Crippen LogP contribution >= 0.6 is 0 Å². The normalized spacial score (nSPS) is 20.2. The SMILES string of the molecule is FC(F)(F)c1ccc(C2N=CC(C(F)(F)F)c3c2c2c(n3Cc3ccccc3)CCCC2)cc1. The van der Waals surface area contributed by atoms with Crippen LogP contribution in [0, 0.1) is 0 Å². The van der Waals surface area contributed by atoms with Crippen molar-refractivity contribution in [3.05, 3.63) is 93.8 Å². The molecule has 0 spiro atoms. The predicted molar refractivity (Wildman–Crippen MR) is 117 cm³/mol. The van der Waals surface area contributed by atoms with Gasteiger partial charge in [0.15, 0.2) is 0 Å². The average molecular weight is 476 g/mol. The Morgan fingerprint density at radius 2 is 1.53 bits per heavy atom. The van der Waals surface area contributed by atoms with Crippen LogP contribution in [0.2, 0.25) is 0 Å². The molecule has 178 valence electrons. The van der Waals surface area contributed by atoms with Crippen molar-refractivity contribution in [2.75, 3.05) is 0 Å². The molecule has 2 aromatic carbocycles. The minimum atomic E-state index is -4.53. The number of fused-ring (bicyclic) bond motifs is 3. The van der Waals surface area contributed by atoms with Crippen molar-refractivity contribution in [3.63, 3.8) is 0 Å². The second-order valence-electron chi connectivity index (χ2n) is 8.84. The Kier molecular flexibility index (Phi) is 5.57. The number of benzene rings is 2. The summed E-state index contributed by atoms with van der Waals surface area (Å²) in [6.07, 6.45) is -5.05. The van der Waals surface area contributed by atoms with E-state index in [0.717, 1.165) is 48.0 Å². The molecule has 34 heavy (non-hydrogen) atoms. The Balaban J connectivity index is 1.69.